The van der Waals surface area contributed by atoms with Gasteiger partial charge in [-0.1, -0.05) is 0 Å². The van der Waals surface area contributed by atoms with Crippen molar-refractivity contribution in [2.45, 2.75) is 39.2 Å². The maximum Gasteiger partial charge on any atom is 0.0434 e. The molecule has 0 N–H and O–H groups in total. The van der Waals surface area contributed by atoms with Gasteiger partial charge in [-0.05, 0) is 45.2 Å². The Balaban J connectivity index is 2.41. The van der Waals surface area contributed by atoms with Gasteiger partial charge < -0.3 is 4.90 Å². The van der Waals surface area contributed by atoms with Crippen LogP contribution in [0.25, 0.3) is 0 Å². The molecule has 1 aromatic rings. The molecule has 1 aromatic heterocycles. The minimum Gasteiger partial charge on any atom is -0.366 e. The minimum absolute atomic E-state index is 0.219. The standard InChI is InChI=1S/C12H18N2/c1-12(2,3)14-8-4-5-10-9-13-7-6-11(10)14/h6-7,9H,4-5,8H2,1-3H3. The molecule has 1 aliphatic rings. The summed E-state index contributed by atoms with van der Waals surface area (Å²) in [5.74, 6) is 0. The Morgan fingerprint density at radius 1 is 1.36 bits per heavy atom. The second-order valence-electron chi connectivity index (χ2n) is 4.93. The summed E-state index contributed by atoms with van der Waals surface area (Å²) in [6.45, 7) is 7.97. The van der Waals surface area contributed by atoms with Gasteiger partial charge in [-0.3, -0.25) is 4.98 Å². The molecule has 0 saturated heterocycles. The predicted molar refractivity (Wildman–Crippen MR) is 59.7 cm³/mol. The molecule has 0 bridgehead atoms. The summed E-state index contributed by atoms with van der Waals surface area (Å²) in [6.07, 6.45) is 6.32. The van der Waals surface area contributed by atoms with Gasteiger partial charge >= 0.3 is 0 Å². The fraction of sp³-hybridized carbons (Fsp3) is 0.583. The summed E-state index contributed by atoms with van der Waals surface area (Å²) >= 11 is 0. The zero-order valence-corrected chi connectivity index (χ0v) is 9.25. The average molecular weight is 190 g/mol. The summed E-state index contributed by atoms with van der Waals surface area (Å²) in [6, 6.07) is 2.14. The van der Waals surface area contributed by atoms with Crippen LogP contribution in [0.15, 0.2) is 18.5 Å². The molecule has 2 rings (SSSR count). The van der Waals surface area contributed by atoms with Crippen molar-refractivity contribution in [2.75, 3.05) is 11.4 Å². The van der Waals surface area contributed by atoms with Crippen LogP contribution in [0.5, 0.6) is 0 Å². The van der Waals surface area contributed by atoms with E-state index in [0.717, 1.165) is 0 Å². The number of hydrogen-bond acceptors (Lipinski definition) is 2. The van der Waals surface area contributed by atoms with Gasteiger partial charge in [0.1, 0.15) is 0 Å². The molecule has 0 amide bonds. The Morgan fingerprint density at radius 3 is 2.86 bits per heavy atom. The van der Waals surface area contributed by atoms with Crippen molar-refractivity contribution < 1.29 is 0 Å². The third-order valence-corrected chi connectivity index (χ3v) is 2.81. The molecule has 0 aromatic carbocycles. The lowest BCUT2D eigenvalue weighted by Gasteiger charge is -2.41. The second-order valence-corrected chi connectivity index (χ2v) is 4.93. The number of aromatic nitrogens is 1. The quantitative estimate of drug-likeness (QED) is 0.625. The number of nitrogens with zero attached hydrogens (tertiary/aromatic N) is 2. The van der Waals surface area contributed by atoms with E-state index in [9.17, 15) is 0 Å². The largest absolute Gasteiger partial charge is 0.366 e. The molecular weight excluding hydrogens is 172 g/mol. The maximum atomic E-state index is 4.19. The normalized spacial score (nSPS) is 16.6. The summed E-state index contributed by atoms with van der Waals surface area (Å²) in [5.41, 5.74) is 2.99. The average Bonchev–Trinajstić information content (AvgIpc) is 2.15. The molecule has 0 spiro atoms. The van der Waals surface area contributed by atoms with Gasteiger partial charge in [0.25, 0.3) is 0 Å². The lowest BCUT2D eigenvalue weighted by molar-refractivity contribution is 0.483. The number of aryl methyl sites for hydroxylation is 1. The van der Waals surface area contributed by atoms with E-state index < -0.39 is 0 Å². The maximum absolute atomic E-state index is 4.19. The van der Waals surface area contributed by atoms with E-state index in [1.165, 1.54) is 30.6 Å². The lowest BCUT2D eigenvalue weighted by Crippen LogP contribution is -2.44. The number of fused-ring (bicyclic) bond motifs is 1. The Hall–Kier alpha value is -1.05. The van der Waals surface area contributed by atoms with Crippen LogP contribution in [0.1, 0.15) is 32.8 Å². The van der Waals surface area contributed by atoms with E-state index in [1.54, 1.807) is 0 Å². The molecule has 2 heteroatoms. The van der Waals surface area contributed by atoms with Crippen molar-refractivity contribution >= 4 is 5.69 Å². The molecule has 0 fully saturated rings. The highest BCUT2D eigenvalue weighted by Crippen LogP contribution is 2.31. The number of anilines is 1. The van der Waals surface area contributed by atoms with Gasteiger partial charge in [0.15, 0.2) is 0 Å². The van der Waals surface area contributed by atoms with E-state index in [2.05, 4.69) is 36.7 Å². The molecule has 0 saturated carbocycles. The fourth-order valence-electron chi connectivity index (χ4n) is 2.12. The zero-order chi connectivity index (χ0) is 10.2. The minimum atomic E-state index is 0.219. The molecule has 14 heavy (non-hydrogen) atoms. The second kappa shape index (κ2) is 3.26. The molecular formula is C12H18N2. The van der Waals surface area contributed by atoms with Crippen LogP contribution in [-0.4, -0.2) is 17.1 Å². The van der Waals surface area contributed by atoms with Crippen LogP contribution in [0.3, 0.4) is 0 Å². The van der Waals surface area contributed by atoms with Gasteiger partial charge in [-0.2, -0.15) is 0 Å². The van der Waals surface area contributed by atoms with Gasteiger partial charge in [0, 0.05) is 30.2 Å². The SMILES string of the molecule is CC(C)(C)N1CCCc2cnccc21. The van der Waals surface area contributed by atoms with Crippen molar-refractivity contribution in [2.24, 2.45) is 0 Å². The van der Waals surface area contributed by atoms with Gasteiger partial charge in [0.05, 0.1) is 0 Å². The first-order valence-corrected chi connectivity index (χ1v) is 5.29. The van der Waals surface area contributed by atoms with Gasteiger partial charge in [0.2, 0.25) is 0 Å². The van der Waals surface area contributed by atoms with Crippen LogP contribution in [-0.2, 0) is 6.42 Å². The van der Waals surface area contributed by atoms with Crippen LogP contribution >= 0.6 is 0 Å². The van der Waals surface area contributed by atoms with Gasteiger partial charge in [-0.15, -0.1) is 0 Å². The third kappa shape index (κ3) is 1.61. The molecule has 0 aliphatic carbocycles. The molecule has 2 nitrogen and oxygen atoms in total. The smallest absolute Gasteiger partial charge is 0.0434 e. The zero-order valence-electron chi connectivity index (χ0n) is 9.25. The van der Waals surface area contributed by atoms with E-state index in [1.807, 2.05) is 12.4 Å². The van der Waals surface area contributed by atoms with E-state index in [4.69, 9.17) is 0 Å². The van der Waals surface area contributed by atoms with Crippen molar-refractivity contribution in [3.8, 4) is 0 Å². The Bertz CT molecular complexity index is 325. The molecule has 0 unspecified atom stereocenters. The van der Waals surface area contributed by atoms with Crippen molar-refractivity contribution in [1.82, 2.24) is 4.98 Å². The first kappa shape index (κ1) is 9.50. The molecule has 1 aliphatic heterocycles. The van der Waals surface area contributed by atoms with Crippen molar-refractivity contribution in [3.63, 3.8) is 0 Å². The van der Waals surface area contributed by atoms with Gasteiger partial charge in [-0.25, -0.2) is 0 Å². The lowest BCUT2D eigenvalue weighted by atomic mass is 9.97. The number of hydrogen-bond donors (Lipinski definition) is 0. The first-order valence-electron chi connectivity index (χ1n) is 5.29. The van der Waals surface area contributed by atoms with Crippen molar-refractivity contribution in [1.29, 1.82) is 0 Å². The summed E-state index contributed by atoms with van der Waals surface area (Å²) in [4.78, 5) is 6.67. The highest BCUT2D eigenvalue weighted by molar-refractivity contribution is 5.55. The molecule has 0 radical (unpaired) electrons. The highest BCUT2D eigenvalue weighted by Gasteiger charge is 2.25. The Kier molecular flexibility index (Phi) is 2.22. The third-order valence-electron chi connectivity index (χ3n) is 2.81. The fourth-order valence-corrected chi connectivity index (χ4v) is 2.12. The molecule has 0 atom stereocenters. The first-order chi connectivity index (χ1) is 6.59. The highest BCUT2D eigenvalue weighted by atomic mass is 15.2. The Labute approximate surface area is 86.0 Å². The summed E-state index contributed by atoms with van der Waals surface area (Å²) in [7, 11) is 0. The van der Waals surface area contributed by atoms with Crippen LogP contribution in [0, 0.1) is 0 Å². The van der Waals surface area contributed by atoms with Crippen LogP contribution in [0.4, 0.5) is 5.69 Å². The van der Waals surface area contributed by atoms with Crippen molar-refractivity contribution in [3.05, 3.63) is 24.0 Å². The van der Waals surface area contributed by atoms with E-state index in [-0.39, 0.29) is 5.54 Å². The monoisotopic (exact) mass is 190 g/mol. The number of pyridine rings is 1. The molecule has 2 heterocycles. The summed E-state index contributed by atoms with van der Waals surface area (Å²) in [5, 5.41) is 0. The predicted octanol–water partition coefficient (Wildman–Crippen LogP) is 2.63. The summed E-state index contributed by atoms with van der Waals surface area (Å²) < 4.78 is 0. The molecule has 76 valence electrons. The van der Waals surface area contributed by atoms with E-state index >= 15 is 0 Å². The van der Waals surface area contributed by atoms with Crippen LogP contribution in [0.2, 0.25) is 0 Å². The Morgan fingerprint density at radius 2 is 2.14 bits per heavy atom. The van der Waals surface area contributed by atoms with E-state index in [0.29, 0.717) is 0 Å². The van der Waals surface area contributed by atoms with Crippen LogP contribution < -0.4 is 4.90 Å². The number of rotatable bonds is 0. The topological polar surface area (TPSA) is 16.1 Å².